The number of rotatable bonds is 7. The van der Waals surface area contributed by atoms with Crippen molar-refractivity contribution in [2.24, 2.45) is 0 Å². The van der Waals surface area contributed by atoms with E-state index in [1.54, 1.807) is 30.3 Å². The highest BCUT2D eigenvalue weighted by atomic mass is 16.7. The Balaban J connectivity index is 1.70. The van der Waals surface area contributed by atoms with Crippen LogP contribution in [0.5, 0.6) is 5.75 Å². The lowest BCUT2D eigenvalue weighted by atomic mass is 10.2. The lowest BCUT2D eigenvalue weighted by molar-refractivity contribution is -0.165. The Morgan fingerprint density at radius 1 is 1.32 bits per heavy atom. The number of anilines is 2. The van der Waals surface area contributed by atoms with Crippen LogP contribution in [0.25, 0.3) is 0 Å². The molecule has 1 unspecified atom stereocenters. The SMILES string of the molecule is N#Cc1cnc(N(C(=O)O)c2ccccc2)cc1OCCOC1CCCCO1. The topological polar surface area (TPSA) is 105 Å². The quantitative estimate of drug-likeness (QED) is 0.727. The van der Waals surface area contributed by atoms with Crippen LogP contribution in [0, 0.1) is 11.3 Å². The van der Waals surface area contributed by atoms with Crippen molar-refractivity contribution in [3.8, 4) is 11.8 Å². The first-order chi connectivity index (χ1) is 13.7. The second-order valence-corrected chi connectivity index (χ2v) is 6.12. The van der Waals surface area contributed by atoms with Gasteiger partial charge in [0, 0.05) is 12.7 Å². The Bertz CT molecular complexity index is 831. The lowest BCUT2D eigenvalue weighted by Gasteiger charge is -2.23. The van der Waals surface area contributed by atoms with E-state index in [9.17, 15) is 15.2 Å². The van der Waals surface area contributed by atoms with Gasteiger partial charge in [-0.05, 0) is 31.4 Å². The normalized spacial score (nSPS) is 16.2. The maximum atomic E-state index is 11.7. The summed E-state index contributed by atoms with van der Waals surface area (Å²) in [7, 11) is 0. The Hall–Kier alpha value is -3.15. The third kappa shape index (κ3) is 4.97. The Kier molecular flexibility index (Phi) is 6.78. The number of hydrogen-bond acceptors (Lipinski definition) is 6. The molecule has 1 amide bonds. The minimum atomic E-state index is -1.19. The molecule has 2 aromatic rings. The standard InChI is InChI=1S/C20H21N3O5/c21-13-15-14-22-18(23(20(24)25)16-6-2-1-3-7-16)12-17(15)26-10-11-28-19-8-4-5-9-27-19/h1-3,6-7,12,14,19H,4-5,8-11H2,(H,24,25). The molecule has 1 aromatic carbocycles. The Labute approximate surface area is 162 Å². The molecule has 0 radical (unpaired) electrons. The van der Waals surface area contributed by atoms with Gasteiger partial charge in [-0.15, -0.1) is 0 Å². The van der Waals surface area contributed by atoms with E-state index in [0.29, 0.717) is 18.9 Å². The molecule has 1 N–H and O–H groups in total. The van der Waals surface area contributed by atoms with Crippen LogP contribution in [0.2, 0.25) is 0 Å². The number of hydrogen-bond donors (Lipinski definition) is 1. The molecule has 8 nitrogen and oxygen atoms in total. The third-order valence-corrected chi connectivity index (χ3v) is 4.19. The zero-order valence-corrected chi connectivity index (χ0v) is 15.3. The monoisotopic (exact) mass is 383 g/mol. The Morgan fingerprint density at radius 2 is 2.14 bits per heavy atom. The van der Waals surface area contributed by atoms with Gasteiger partial charge in [-0.1, -0.05) is 18.2 Å². The second-order valence-electron chi connectivity index (χ2n) is 6.12. The highest BCUT2D eigenvalue weighted by molar-refractivity contribution is 5.93. The number of carbonyl (C=O) groups is 1. The van der Waals surface area contributed by atoms with Crippen LogP contribution in [0.1, 0.15) is 24.8 Å². The molecule has 1 aliphatic rings. The molecule has 0 spiro atoms. The van der Waals surface area contributed by atoms with Gasteiger partial charge in [0.15, 0.2) is 6.29 Å². The first-order valence-electron chi connectivity index (χ1n) is 9.03. The summed E-state index contributed by atoms with van der Waals surface area (Å²) in [6, 6.07) is 12.0. The summed E-state index contributed by atoms with van der Waals surface area (Å²) in [5, 5.41) is 18.9. The van der Waals surface area contributed by atoms with Crippen LogP contribution >= 0.6 is 0 Å². The van der Waals surface area contributed by atoms with Crippen molar-refractivity contribution in [3.05, 3.63) is 48.2 Å². The lowest BCUT2D eigenvalue weighted by Crippen LogP contribution is -2.25. The van der Waals surface area contributed by atoms with E-state index in [0.717, 1.165) is 24.2 Å². The highest BCUT2D eigenvalue weighted by Crippen LogP contribution is 2.28. The third-order valence-electron chi connectivity index (χ3n) is 4.19. The summed E-state index contributed by atoms with van der Waals surface area (Å²) in [5.74, 6) is 0.395. The van der Waals surface area contributed by atoms with Gasteiger partial charge in [0.05, 0.1) is 18.5 Å². The number of pyridine rings is 1. The van der Waals surface area contributed by atoms with Crippen molar-refractivity contribution >= 4 is 17.6 Å². The first-order valence-corrected chi connectivity index (χ1v) is 9.03. The minimum absolute atomic E-state index is 0.143. The molecule has 28 heavy (non-hydrogen) atoms. The van der Waals surface area contributed by atoms with Crippen LogP contribution in [0.15, 0.2) is 42.6 Å². The number of aromatic nitrogens is 1. The molecule has 1 aromatic heterocycles. The molecule has 3 rings (SSSR count). The van der Waals surface area contributed by atoms with Crippen molar-refractivity contribution in [3.63, 3.8) is 0 Å². The number of benzene rings is 1. The molecule has 1 aliphatic heterocycles. The van der Waals surface area contributed by atoms with Gasteiger partial charge in [-0.25, -0.2) is 14.7 Å². The zero-order valence-electron chi connectivity index (χ0n) is 15.3. The van der Waals surface area contributed by atoms with E-state index in [2.05, 4.69) is 4.98 Å². The van der Waals surface area contributed by atoms with Crippen molar-refractivity contribution in [1.82, 2.24) is 4.98 Å². The Morgan fingerprint density at radius 3 is 2.82 bits per heavy atom. The number of para-hydroxylation sites is 1. The van der Waals surface area contributed by atoms with Crippen LogP contribution < -0.4 is 9.64 Å². The van der Waals surface area contributed by atoms with Gasteiger partial charge in [0.1, 0.15) is 29.8 Å². The average molecular weight is 383 g/mol. The molecule has 0 saturated carbocycles. The molecule has 8 heteroatoms. The molecular weight excluding hydrogens is 362 g/mol. The molecular formula is C20H21N3O5. The number of nitriles is 1. The van der Waals surface area contributed by atoms with E-state index in [1.807, 2.05) is 6.07 Å². The maximum absolute atomic E-state index is 11.7. The van der Waals surface area contributed by atoms with Gasteiger partial charge in [0.2, 0.25) is 0 Å². The number of carboxylic acid groups (broad SMARTS) is 1. The van der Waals surface area contributed by atoms with Gasteiger partial charge >= 0.3 is 6.09 Å². The van der Waals surface area contributed by atoms with E-state index in [1.165, 1.54) is 12.3 Å². The summed E-state index contributed by atoms with van der Waals surface area (Å²) in [6.07, 6.45) is 2.86. The summed E-state index contributed by atoms with van der Waals surface area (Å²) in [6.45, 7) is 1.20. The van der Waals surface area contributed by atoms with Crippen molar-refractivity contribution in [2.45, 2.75) is 25.6 Å². The zero-order chi connectivity index (χ0) is 19.8. The maximum Gasteiger partial charge on any atom is 0.417 e. The second kappa shape index (κ2) is 9.69. The molecule has 1 atom stereocenters. The first kappa shape index (κ1) is 19.6. The van der Waals surface area contributed by atoms with Gasteiger partial charge in [-0.3, -0.25) is 0 Å². The predicted octanol–water partition coefficient (Wildman–Crippen LogP) is 3.69. The average Bonchev–Trinajstić information content (AvgIpc) is 2.73. The molecule has 1 fully saturated rings. The summed E-state index contributed by atoms with van der Waals surface area (Å²) < 4.78 is 16.8. The summed E-state index contributed by atoms with van der Waals surface area (Å²) in [5.41, 5.74) is 0.659. The van der Waals surface area contributed by atoms with E-state index in [-0.39, 0.29) is 30.0 Å². The fraction of sp³-hybridized carbons (Fsp3) is 0.350. The molecule has 0 bridgehead atoms. The van der Waals surface area contributed by atoms with Crippen LogP contribution in [-0.4, -0.2) is 42.3 Å². The molecule has 146 valence electrons. The fourth-order valence-electron chi connectivity index (χ4n) is 2.84. The van der Waals surface area contributed by atoms with Crippen LogP contribution in [0.3, 0.4) is 0 Å². The number of amides is 1. The van der Waals surface area contributed by atoms with Crippen molar-refractivity contribution in [1.29, 1.82) is 5.26 Å². The van der Waals surface area contributed by atoms with Crippen molar-refractivity contribution in [2.75, 3.05) is 24.7 Å². The summed E-state index contributed by atoms with van der Waals surface area (Å²) in [4.78, 5) is 16.9. The van der Waals surface area contributed by atoms with Crippen LogP contribution in [-0.2, 0) is 9.47 Å². The van der Waals surface area contributed by atoms with E-state index in [4.69, 9.17) is 14.2 Å². The van der Waals surface area contributed by atoms with Gasteiger partial charge in [-0.2, -0.15) is 5.26 Å². The van der Waals surface area contributed by atoms with Gasteiger partial charge in [0.25, 0.3) is 0 Å². The number of nitrogens with zero attached hydrogens (tertiary/aromatic N) is 3. The smallest absolute Gasteiger partial charge is 0.417 e. The predicted molar refractivity (Wildman–Crippen MR) is 101 cm³/mol. The van der Waals surface area contributed by atoms with Crippen LogP contribution in [0.4, 0.5) is 16.3 Å². The van der Waals surface area contributed by atoms with Gasteiger partial charge < -0.3 is 19.3 Å². The fourth-order valence-corrected chi connectivity index (χ4v) is 2.84. The minimum Gasteiger partial charge on any atom is -0.490 e. The largest absolute Gasteiger partial charge is 0.490 e. The molecule has 2 heterocycles. The molecule has 1 saturated heterocycles. The molecule has 0 aliphatic carbocycles. The number of ether oxygens (including phenoxy) is 3. The van der Waals surface area contributed by atoms with Crippen molar-refractivity contribution < 1.29 is 24.1 Å². The van der Waals surface area contributed by atoms with E-state index < -0.39 is 6.09 Å². The highest BCUT2D eigenvalue weighted by Gasteiger charge is 2.20. The van der Waals surface area contributed by atoms with E-state index >= 15 is 0 Å². The summed E-state index contributed by atoms with van der Waals surface area (Å²) >= 11 is 0.